The second kappa shape index (κ2) is 6.13. The van der Waals surface area contributed by atoms with E-state index in [4.69, 9.17) is 0 Å². The van der Waals surface area contributed by atoms with Crippen LogP contribution in [0.25, 0.3) is 11.3 Å². The lowest BCUT2D eigenvalue weighted by molar-refractivity contribution is -0.137. The highest BCUT2D eigenvalue weighted by molar-refractivity contribution is 7.99. The van der Waals surface area contributed by atoms with Gasteiger partial charge >= 0.3 is 0 Å². The summed E-state index contributed by atoms with van der Waals surface area (Å²) < 4.78 is 0. The molecule has 0 saturated carbocycles. The van der Waals surface area contributed by atoms with Crippen LogP contribution in [0.4, 0.5) is 0 Å². The largest absolute Gasteiger partial charge is 0.333 e. The summed E-state index contributed by atoms with van der Waals surface area (Å²) in [6.45, 7) is 0.448. The number of nitrogens with one attached hydrogen (secondary N) is 1. The minimum Gasteiger partial charge on any atom is -0.333 e. The number of rotatable bonds is 5. The molecule has 1 aromatic heterocycles. The molecule has 2 amide bonds. The number of H-pyrrole nitrogens is 1. The summed E-state index contributed by atoms with van der Waals surface area (Å²) in [6, 6.07) is 9.97. The molecule has 0 atom stereocenters. The number of aromatic amines is 1. The van der Waals surface area contributed by atoms with E-state index in [9.17, 15) is 9.59 Å². The summed E-state index contributed by atoms with van der Waals surface area (Å²) in [5.74, 6) is 0.522. The molecule has 1 aromatic carbocycles. The second-order valence-electron chi connectivity index (χ2n) is 4.76. The SMILES string of the molecule is O=C1CCC(=O)N1CCSc1ncc(-c2ccccc2)[nH]1. The Bertz CT molecular complexity index is 638. The topological polar surface area (TPSA) is 66.1 Å². The first-order chi connectivity index (χ1) is 10.2. The number of thioether (sulfide) groups is 1. The van der Waals surface area contributed by atoms with Gasteiger partial charge in [-0.1, -0.05) is 42.1 Å². The standard InChI is InChI=1S/C15H15N3O2S/c19-13-6-7-14(20)18(13)8-9-21-15-16-10-12(17-15)11-4-2-1-3-5-11/h1-5,10H,6-9H2,(H,16,17). The van der Waals surface area contributed by atoms with Crippen molar-refractivity contribution in [1.29, 1.82) is 0 Å². The molecule has 2 aromatic rings. The van der Waals surface area contributed by atoms with Crippen molar-refractivity contribution in [3.05, 3.63) is 36.5 Å². The van der Waals surface area contributed by atoms with Gasteiger partial charge in [0.1, 0.15) is 0 Å². The molecular formula is C15H15N3O2S. The molecule has 0 unspecified atom stereocenters. The van der Waals surface area contributed by atoms with Gasteiger partial charge in [-0.15, -0.1) is 0 Å². The molecule has 0 bridgehead atoms. The van der Waals surface area contributed by atoms with Crippen LogP contribution in [0, 0.1) is 0 Å². The Morgan fingerprint density at radius 2 is 1.86 bits per heavy atom. The zero-order valence-corrected chi connectivity index (χ0v) is 12.2. The van der Waals surface area contributed by atoms with Crippen molar-refractivity contribution in [1.82, 2.24) is 14.9 Å². The molecule has 21 heavy (non-hydrogen) atoms. The molecular weight excluding hydrogens is 286 g/mol. The zero-order chi connectivity index (χ0) is 14.7. The summed E-state index contributed by atoms with van der Waals surface area (Å²) in [5.41, 5.74) is 2.05. The zero-order valence-electron chi connectivity index (χ0n) is 11.4. The van der Waals surface area contributed by atoms with Crippen LogP contribution in [0.3, 0.4) is 0 Å². The molecule has 1 N–H and O–H groups in total. The number of hydrogen-bond acceptors (Lipinski definition) is 4. The molecule has 108 valence electrons. The fourth-order valence-corrected chi connectivity index (χ4v) is 3.02. The highest BCUT2D eigenvalue weighted by atomic mass is 32.2. The number of carbonyl (C=O) groups excluding carboxylic acids is 2. The lowest BCUT2D eigenvalue weighted by atomic mass is 10.2. The molecule has 1 aliphatic heterocycles. The molecule has 5 nitrogen and oxygen atoms in total. The number of benzene rings is 1. The number of likely N-dealkylation sites (tertiary alicyclic amines) is 1. The molecule has 0 aliphatic carbocycles. The van der Waals surface area contributed by atoms with Crippen LogP contribution < -0.4 is 0 Å². The fraction of sp³-hybridized carbons (Fsp3) is 0.267. The fourth-order valence-electron chi connectivity index (χ4n) is 2.25. The van der Waals surface area contributed by atoms with E-state index in [1.807, 2.05) is 30.3 Å². The molecule has 6 heteroatoms. The van der Waals surface area contributed by atoms with Crippen molar-refractivity contribution in [2.24, 2.45) is 0 Å². The van der Waals surface area contributed by atoms with Gasteiger partial charge in [0.15, 0.2) is 5.16 Å². The number of imide groups is 1. The van der Waals surface area contributed by atoms with Crippen LogP contribution in [0.2, 0.25) is 0 Å². The maximum Gasteiger partial charge on any atom is 0.229 e. The van der Waals surface area contributed by atoms with E-state index < -0.39 is 0 Å². The molecule has 2 heterocycles. The van der Waals surface area contributed by atoms with Crippen molar-refractivity contribution in [3.8, 4) is 11.3 Å². The van der Waals surface area contributed by atoms with Crippen LogP contribution in [-0.4, -0.2) is 39.0 Å². The van der Waals surface area contributed by atoms with E-state index in [0.717, 1.165) is 16.4 Å². The third-order valence-corrected chi connectivity index (χ3v) is 4.21. The van der Waals surface area contributed by atoms with Crippen molar-refractivity contribution in [2.75, 3.05) is 12.3 Å². The average molecular weight is 301 g/mol. The first-order valence-electron chi connectivity index (χ1n) is 6.80. The van der Waals surface area contributed by atoms with E-state index in [2.05, 4.69) is 9.97 Å². The van der Waals surface area contributed by atoms with Crippen molar-refractivity contribution in [2.45, 2.75) is 18.0 Å². The summed E-state index contributed by atoms with van der Waals surface area (Å²) in [6.07, 6.45) is 2.49. The van der Waals surface area contributed by atoms with Crippen molar-refractivity contribution >= 4 is 23.6 Å². The Morgan fingerprint density at radius 1 is 1.14 bits per heavy atom. The minimum absolute atomic E-state index is 0.0648. The molecule has 3 rings (SSSR count). The van der Waals surface area contributed by atoms with Gasteiger partial charge in [0.2, 0.25) is 11.8 Å². The maximum atomic E-state index is 11.5. The summed E-state index contributed by atoms with van der Waals surface area (Å²) >= 11 is 1.51. The number of amides is 2. The Balaban J connectivity index is 1.56. The third kappa shape index (κ3) is 3.16. The van der Waals surface area contributed by atoms with Crippen LogP contribution in [0.5, 0.6) is 0 Å². The normalized spacial score (nSPS) is 15.0. The second-order valence-corrected chi connectivity index (χ2v) is 5.84. The molecule has 1 fully saturated rings. The highest BCUT2D eigenvalue weighted by Gasteiger charge is 2.28. The first-order valence-corrected chi connectivity index (χ1v) is 7.79. The molecule has 0 spiro atoms. The summed E-state index contributed by atoms with van der Waals surface area (Å²) in [4.78, 5) is 31.9. The van der Waals surface area contributed by atoms with Gasteiger partial charge in [-0.25, -0.2) is 4.98 Å². The van der Waals surface area contributed by atoms with Gasteiger partial charge in [-0.05, 0) is 5.56 Å². The van der Waals surface area contributed by atoms with Gasteiger partial charge < -0.3 is 4.98 Å². The smallest absolute Gasteiger partial charge is 0.229 e. The van der Waals surface area contributed by atoms with Crippen LogP contribution in [-0.2, 0) is 9.59 Å². The number of imidazole rings is 1. The molecule has 0 radical (unpaired) electrons. The Kier molecular flexibility index (Phi) is 4.06. The van der Waals surface area contributed by atoms with E-state index >= 15 is 0 Å². The maximum absolute atomic E-state index is 11.5. The predicted octanol–water partition coefficient (Wildman–Crippen LogP) is 2.32. The van der Waals surface area contributed by atoms with E-state index in [1.165, 1.54) is 16.7 Å². The minimum atomic E-state index is -0.0648. The van der Waals surface area contributed by atoms with Crippen LogP contribution >= 0.6 is 11.8 Å². The van der Waals surface area contributed by atoms with Crippen molar-refractivity contribution < 1.29 is 9.59 Å². The number of hydrogen-bond donors (Lipinski definition) is 1. The lowest BCUT2D eigenvalue weighted by Gasteiger charge is -2.12. The first kappa shape index (κ1) is 13.9. The van der Waals surface area contributed by atoms with Gasteiger partial charge in [-0.3, -0.25) is 14.5 Å². The van der Waals surface area contributed by atoms with Crippen LogP contribution in [0.1, 0.15) is 12.8 Å². The quantitative estimate of drug-likeness (QED) is 0.680. The van der Waals surface area contributed by atoms with Crippen molar-refractivity contribution in [3.63, 3.8) is 0 Å². The lowest BCUT2D eigenvalue weighted by Crippen LogP contribution is -2.31. The molecule has 1 saturated heterocycles. The molecule has 1 aliphatic rings. The van der Waals surface area contributed by atoms with Gasteiger partial charge in [0.25, 0.3) is 0 Å². The van der Waals surface area contributed by atoms with Gasteiger partial charge in [0, 0.05) is 25.1 Å². The Labute approximate surface area is 126 Å². The third-order valence-electron chi connectivity index (χ3n) is 3.35. The summed E-state index contributed by atoms with van der Waals surface area (Å²) in [5, 5.41) is 0.799. The number of nitrogens with zero attached hydrogens (tertiary/aromatic N) is 2. The Morgan fingerprint density at radius 3 is 2.57 bits per heavy atom. The summed E-state index contributed by atoms with van der Waals surface area (Å²) in [7, 11) is 0. The Hall–Kier alpha value is -2.08. The highest BCUT2D eigenvalue weighted by Crippen LogP contribution is 2.21. The van der Waals surface area contributed by atoms with E-state index in [-0.39, 0.29) is 11.8 Å². The van der Waals surface area contributed by atoms with Gasteiger partial charge in [-0.2, -0.15) is 0 Å². The predicted molar refractivity (Wildman–Crippen MR) is 80.7 cm³/mol. The van der Waals surface area contributed by atoms with Gasteiger partial charge in [0.05, 0.1) is 11.9 Å². The number of aromatic nitrogens is 2. The van der Waals surface area contributed by atoms with E-state index in [1.54, 1.807) is 6.20 Å². The average Bonchev–Trinajstić information content (AvgIpc) is 3.10. The monoisotopic (exact) mass is 301 g/mol. The number of carbonyl (C=O) groups is 2. The van der Waals surface area contributed by atoms with Crippen LogP contribution in [0.15, 0.2) is 41.7 Å². The van der Waals surface area contributed by atoms with E-state index in [0.29, 0.717) is 25.1 Å².